The molecule has 4 aromatic rings. The Labute approximate surface area is 222 Å². The van der Waals surface area contributed by atoms with Crippen molar-refractivity contribution in [3.63, 3.8) is 0 Å². The number of oxazole rings is 1. The van der Waals surface area contributed by atoms with Gasteiger partial charge >= 0.3 is 0 Å². The molecule has 11 heteroatoms. The van der Waals surface area contributed by atoms with Crippen molar-refractivity contribution in [2.75, 3.05) is 11.1 Å². The molecule has 1 aromatic heterocycles. The number of amides is 4. The van der Waals surface area contributed by atoms with E-state index in [1.807, 2.05) is 12.1 Å². The lowest BCUT2D eigenvalue weighted by Gasteiger charge is -2.18. The number of carbonyl (C=O) groups is 4. The van der Waals surface area contributed by atoms with E-state index >= 15 is 0 Å². The summed E-state index contributed by atoms with van der Waals surface area (Å²) in [6, 6.07) is 21.4. The van der Waals surface area contributed by atoms with E-state index in [0.29, 0.717) is 27.6 Å². The van der Waals surface area contributed by atoms with Gasteiger partial charge in [0.25, 0.3) is 22.9 Å². The van der Waals surface area contributed by atoms with E-state index in [9.17, 15) is 19.2 Å². The summed E-state index contributed by atoms with van der Waals surface area (Å²) in [4.78, 5) is 54.7. The second-order valence-corrected chi connectivity index (χ2v) is 9.00. The van der Waals surface area contributed by atoms with Gasteiger partial charge < -0.3 is 15.1 Å². The quantitative estimate of drug-likeness (QED) is 0.191. The maximum Gasteiger partial charge on any atom is 0.260 e. The molecule has 38 heavy (non-hydrogen) atoms. The standard InChI is InChI=1S/C27H25N5O5S/c1-2-19(26(36)32-31-23(33)16-38-27-30-21-14-8-9-15-22(21)37-27)28-25(35)18-12-6-7-13-20(18)29-24(34)17-10-4-3-5-11-17/h3-15,19H,2,16H2,1H3,(H,28,35)(H,29,34)(H,31,33)(H,32,36)/t19-/m0/s1. The Morgan fingerprint density at radius 2 is 1.58 bits per heavy atom. The number of aromatic nitrogens is 1. The topological polar surface area (TPSA) is 142 Å². The minimum Gasteiger partial charge on any atom is -0.431 e. The normalized spacial score (nSPS) is 11.4. The van der Waals surface area contributed by atoms with Crippen molar-refractivity contribution in [2.24, 2.45) is 0 Å². The number of para-hydroxylation sites is 3. The zero-order chi connectivity index (χ0) is 26.9. The van der Waals surface area contributed by atoms with Gasteiger partial charge in [0.2, 0.25) is 5.91 Å². The Hall–Kier alpha value is -4.64. The minimum absolute atomic E-state index is 0.0370. The van der Waals surface area contributed by atoms with Crippen LogP contribution in [-0.2, 0) is 9.59 Å². The summed E-state index contributed by atoms with van der Waals surface area (Å²) >= 11 is 1.09. The van der Waals surface area contributed by atoms with Gasteiger partial charge in [-0.25, -0.2) is 4.98 Å². The Kier molecular flexibility index (Phi) is 8.73. The number of hydrogen-bond acceptors (Lipinski definition) is 7. The molecule has 10 nitrogen and oxygen atoms in total. The Morgan fingerprint density at radius 1 is 0.868 bits per heavy atom. The lowest BCUT2D eigenvalue weighted by Crippen LogP contribution is -2.52. The first-order valence-electron chi connectivity index (χ1n) is 11.8. The fourth-order valence-electron chi connectivity index (χ4n) is 3.46. The second-order valence-electron chi connectivity index (χ2n) is 8.07. The van der Waals surface area contributed by atoms with Crippen molar-refractivity contribution < 1.29 is 23.6 Å². The first-order valence-corrected chi connectivity index (χ1v) is 12.8. The van der Waals surface area contributed by atoms with Gasteiger partial charge in [0.1, 0.15) is 11.6 Å². The third-order valence-electron chi connectivity index (χ3n) is 5.41. The van der Waals surface area contributed by atoms with Crippen molar-refractivity contribution in [3.05, 3.63) is 90.0 Å². The molecule has 0 unspecified atom stereocenters. The van der Waals surface area contributed by atoms with E-state index in [1.165, 1.54) is 0 Å². The van der Waals surface area contributed by atoms with E-state index in [-0.39, 0.29) is 23.6 Å². The van der Waals surface area contributed by atoms with Crippen molar-refractivity contribution in [2.45, 2.75) is 24.6 Å². The van der Waals surface area contributed by atoms with E-state index < -0.39 is 23.8 Å². The molecule has 0 aliphatic carbocycles. The van der Waals surface area contributed by atoms with E-state index in [0.717, 1.165) is 11.8 Å². The zero-order valence-electron chi connectivity index (χ0n) is 20.4. The number of nitrogens with one attached hydrogen (secondary N) is 4. The summed E-state index contributed by atoms with van der Waals surface area (Å²) in [6.07, 6.45) is 0.267. The summed E-state index contributed by atoms with van der Waals surface area (Å²) in [7, 11) is 0. The van der Waals surface area contributed by atoms with Crippen LogP contribution in [0.25, 0.3) is 11.1 Å². The summed E-state index contributed by atoms with van der Waals surface area (Å²) in [6.45, 7) is 1.72. The van der Waals surface area contributed by atoms with Gasteiger partial charge in [-0.05, 0) is 42.8 Å². The highest BCUT2D eigenvalue weighted by Gasteiger charge is 2.22. The molecular formula is C27H25N5O5S. The van der Waals surface area contributed by atoms with Gasteiger partial charge in [0.05, 0.1) is 17.0 Å². The Morgan fingerprint density at radius 3 is 2.34 bits per heavy atom. The average molecular weight is 532 g/mol. The van der Waals surface area contributed by atoms with Crippen LogP contribution < -0.4 is 21.5 Å². The average Bonchev–Trinajstić information content (AvgIpc) is 3.37. The number of benzene rings is 3. The maximum absolute atomic E-state index is 13.0. The van der Waals surface area contributed by atoms with Crippen molar-refractivity contribution in [1.82, 2.24) is 21.2 Å². The summed E-state index contributed by atoms with van der Waals surface area (Å²) < 4.78 is 5.55. The Bertz CT molecular complexity index is 1420. The van der Waals surface area contributed by atoms with Crippen LogP contribution in [0, 0.1) is 0 Å². The third kappa shape index (κ3) is 6.77. The molecule has 0 fully saturated rings. The van der Waals surface area contributed by atoms with Crippen molar-refractivity contribution in [1.29, 1.82) is 0 Å². The first kappa shape index (κ1) is 26.4. The number of anilines is 1. The minimum atomic E-state index is -0.926. The number of carbonyl (C=O) groups excluding carboxylic acids is 4. The molecule has 4 rings (SSSR count). The van der Waals surface area contributed by atoms with Gasteiger partial charge in [-0.2, -0.15) is 0 Å². The van der Waals surface area contributed by atoms with Crippen molar-refractivity contribution in [3.8, 4) is 0 Å². The van der Waals surface area contributed by atoms with Crippen molar-refractivity contribution >= 4 is 52.2 Å². The summed E-state index contributed by atoms with van der Waals surface area (Å²) in [5.74, 6) is -2.01. The molecule has 194 valence electrons. The number of hydrogen-bond donors (Lipinski definition) is 4. The lowest BCUT2D eigenvalue weighted by atomic mass is 10.1. The van der Waals surface area contributed by atoms with Gasteiger partial charge in [0, 0.05) is 5.56 Å². The molecule has 1 atom stereocenters. The lowest BCUT2D eigenvalue weighted by molar-refractivity contribution is -0.128. The maximum atomic E-state index is 13.0. The van der Waals surface area contributed by atoms with E-state index in [2.05, 4.69) is 26.5 Å². The summed E-state index contributed by atoms with van der Waals surface area (Å²) in [5, 5.41) is 5.72. The molecule has 0 saturated carbocycles. The van der Waals surface area contributed by atoms with Crippen LogP contribution in [0.3, 0.4) is 0 Å². The number of fused-ring (bicyclic) bond motifs is 1. The predicted molar refractivity (Wildman–Crippen MR) is 143 cm³/mol. The molecule has 0 aliphatic rings. The molecule has 0 radical (unpaired) electrons. The monoisotopic (exact) mass is 531 g/mol. The first-order chi connectivity index (χ1) is 18.4. The van der Waals surface area contributed by atoms with E-state index in [4.69, 9.17) is 4.42 Å². The molecule has 3 aromatic carbocycles. The van der Waals surface area contributed by atoms with Crippen LogP contribution in [0.2, 0.25) is 0 Å². The molecule has 4 N–H and O–H groups in total. The molecule has 1 heterocycles. The second kappa shape index (κ2) is 12.5. The third-order valence-corrected chi connectivity index (χ3v) is 6.24. The van der Waals surface area contributed by atoms with Crippen LogP contribution in [0.15, 0.2) is 88.5 Å². The Balaban J connectivity index is 1.29. The largest absolute Gasteiger partial charge is 0.431 e. The number of nitrogens with zero attached hydrogens (tertiary/aromatic N) is 1. The molecule has 0 saturated heterocycles. The van der Waals surface area contributed by atoms with Gasteiger partial charge in [0.15, 0.2) is 5.58 Å². The van der Waals surface area contributed by atoms with Crippen LogP contribution in [0.5, 0.6) is 0 Å². The highest BCUT2D eigenvalue weighted by Crippen LogP contribution is 2.22. The number of hydrazine groups is 1. The molecular weight excluding hydrogens is 506 g/mol. The van der Waals surface area contributed by atoms with Gasteiger partial charge in [-0.1, -0.05) is 61.2 Å². The van der Waals surface area contributed by atoms with Gasteiger partial charge in [-0.3, -0.25) is 30.0 Å². The van der Waals surface area contributed by atoms with Crippen LogP contribution >= 0.6 is 11.8 Å². The van der Waals surface area contributed by atoms with Gasteiger partial charge in [-0.15, -0.1) is 0 Å². The fraction of sp³-hybridized carbons (Fsp3) is 0.148. The van der Waals surface area contributed by atoms with E-state index in [1.54, 1.807) is 73.7 Å². The number of rotatable bonds is 9. The smallest absolute Gasteiger partial charge is 0.260 e. The molecule has 4 amide bonds. The zero-order valence-corrected chi connectivity index (χ0v) is 21.2. The predicted octanol–water partition coefficient (Wildman–Crippen LogP) is 3.53. The molecule has 0 bridgehead atoms. The van der Waals surface area contributed by atoms with Crippen LogP contribution in [0.1, 0.15) is 34.1 Å². The fourth-order valence-corrected chi connectivity index (χ4v) is 4.10. The molecule has 0 spiro atoms. The highest BCUT2D eigenvalue weighted by molar-refractivity contribution is 7.99. The highest BCUT2D eigenvalue weighted by atomic mass is 32.2. The van der Waals surface area contributed by atoms with Crippen LogP contribution in [-0.4, -0.2) is 40.4 Å². The summed E-state index contributed by atoms with van der Waals surface area (Å²) in [5.41, 5.74) is 6.91. The number of thioether (sulfide) groups is 1. The van der Waals surface area contributed by atoms with Crippen LogP contribution in [0.4, 0.5) is 5.69 Å². The molecule has 0 aliphatic heterocycles. The SMILES string of the molecule is CC[C@H](NC(=O)c1ccccc1NC(=O)c1ccccc1)C(=O)NNC(=O)CSc1nc2ccccc2o1.